The predicted molar refractivity (Wildman–Crippen MR) is 59.4 cm³/mol. The molecule has 0 unspecified atom stereocenters. The maximum absolute atomic E-state index is 8.17. The van der Waals surface area contributed by atoms with E-state index < -0.39 is 25.6 Å². The summed E-state index contributed by atoms with van der Waals surface area (Å²) in [5, 5.41) is 2.30. The maximum Gasteiger partial charge on any atom is 0.231 e. The van der Waals surface area contributed by atoms with Crippen LogP contribution in [0.5, 0.6) is 11.5 Å². The number of hydrogen-bond acceptors (Lipinski definition) is 3. The second kappa shape index (κ2) is 4.53. The fourth-order valence-electron chi connectivity index (χ4n) is 1.30. The summed E-state index contributed by atoms with van der Waals surface area (Å²) >= 11 is 0. The highest BCUT2D eigenvalue weighted by molar-refractivity contribution is 5.44. The first kappa shape index (κ1) is 4.74. The highest BCUT2D eigenvalue weighted by Gasteiger charge is 2.13. The molecule has 3 nitrogen and oxygen atoms in total. The number of nitrogens with one attached hydrogen (secondary N) is 1. The molecular weight excluding hydrogens is 190 g/mol. The van der Waals surface area contributed by atoms with Gasteiger partial charge in [0.1, 0.15) is 2.74 Å². The standard InChI is InChI=1S/C12H17NO2/c1-3-13-9(2)6-10-4-5-11-12(7-10)15-8-14-11/h4-5,7,9,13H,3,6,8H2,1-2H3/t9-/m1/s1/i3D2,6D2,8D2,9D. The van der Waals surface area contributed by atoms with Gasteiger partial charge in [-0.05, 0) is 37.5 Å². The van der Waals surface area contributed by atoms with Gasteiger partial charge in [-0.25, -0.2) is 0 Å². The zero-order valence-corrected chi connectivity index (χ0v) is 8.55. The molecule has 1 aliphatic heterocycles. The third-order valence-corrected chi connectivity index (χ3v) is 1.89. The molecule has 15 heavy (non-hydrogen) atoms. The summed E-state index contributed by atoms with van der Waals surface area (Å²) in [5.41, 5.74) is 0.0572. The lowest BCUT2D eigenvalue weighted by molar-refractivity contribution is 0.174. The van der Waals surface area contributed by atoms with E-state index in [-0.39, 0.29) is 17.1 Å². The topological polar surface area (TPSA) is 30.5 Å². The van der Waals surface area contributed by atoms with Gasteiger partial charge in [-0.2, -0.15) is 0 Å². The van der Waals surface area contributed by atoms with Crippen molar-refractivity contribution in [3.63, 3.8) is 0 Å². The van der Waals surface area contributed by atoms with E-state index in [9.17, 15) is 0 Å². The van der Waals surface area contributed by atoms with Crippen LogP contribution in [0.2, 0.25) is 0 Å². The summed E-state index contributed by atoms with van der Waals surface area (Å²) in [6, 6.07) is 2.03. The van der Waals surface area contributed by atoms with Crippen molar-refractivity contribution < 1.29 is 19.1 Å². The van der Waals surface area contributed by atoms with Crippen molar-refractivity contribution in [3.8, 4) is 11.5 Å². The first-order chi connectivity index (χ1) is 9.74. The second-order valence-corrected chi connectivity index (χ2v) is 3.07. The van der Waals surface area contributed by atoms with Gasteiger partial charge < -0.3 is 14.8 Å². The van der Waals surface area contributed by atoms with Gasteiger partial charge in [0.25, 0.3) is 0 Å². The SMILES string of the molecule is [2H]C([2H])(C)N[C@]([2H])(C)C([2H])([2H])c1ccc2c(c1)OC([2H])([2H])O2. The van der Waals surface area contributed by atoms with E-state index in [4.69, 9.17) is 19.1 Å². The lowest BCUT2D eigenvalue weighted by Crippen LogP contribution is -2.27. The molecule has 0 bridgehead atoms. The normalized spacial score (nSPS) is 29.6. The highest BCUT2D eigenvalue weighted by atomic mass is 16.7. The number of ether oxygens (including phenoxy) is 2. The molecule has 1 heterocycles. The Hall–Kier alpha value is -1.22. The van der Waals surface area contributed by atoms with Crippen LogP contribution in [0.1, 0.15) is 29.0 Å². The molecule has 0 spiro atoms. The Morgan fingerprint density at radius 3 is 3.20 bits per heavy atom. The summed E-state index contributed by atoms with van der Waals surface area (Å²) < 4.78 is 64.0. The lowest BCUT2D eigenvalue weighted by Gasteiger charge is -2.12. The Morgan fingerprint density at radius 1 is 1.60 bits per heavy atom. The Kier molecular flexibility index (Phi) is 1.43. The third kappa shape index (κ3) is 2.42. The fraction of sp³-hybridized carbons (Fsp3) is 0.500. The smallest absolute Gasteiger partial charge is 0.231 e. The van der Waals surface area contributed by atoms with Crippen molar-refractivity contribution in [2.75, 3.05) is 13.2 Å². The summed E-state index contributed by atoms with van der Waals surface area (Å²) in [5.74, 6) is 0.191. The van der Waals surface area contributed by atoms with Gasteiger partial charge in [0.15, 0.2) is 11.5 Å². The summed E-state index contributed by atoms with van der Waals surface area (Å²) in [7, 11) is 0. The Bertz CT molecular complexity index is 583. The molecule has 3 heteroatoms. The molecule has 1 atom stereocenters. The van der Waals surface area contributed by atoms with Crippen LogP contribution in [0.25, 0.3) is 0 Å². The van der Waals surface area contributed by atoms with E-state index in [0.29, 0.717) is 0 Å². The van der Waals surface area contributed by atoms with E-state index in [0.717, 1.165) is 0 Å². The largest absolute Gasteiger partial charge is 0.454 e. The maximum atomic E-state index is 8.17. The van der Waals surface area contributed by atoms with Gasteiger partial charge >= 0.3 is 0 Å². The van der Waals surface area contributed by atoms with Gasteiger partial charge in [0.2, 0.25) is 6.75 Å². The quantitative estimate of drug-likeness (QED) is 0.831. The molecule has 0 radical (unpaired) electrons. The number of rotatable bonds is 4. The monoisotopic (exact) mass is 214 g/mol. The van der Waals surface area contributed by atoms with Gasteiger partial charge in [-0.3, -0.25) is 0 Å². The van der Waals surface area contributed by atoms with Gasteiger partial charge in [0.05, 0.1) is 0 Å². The molecular formula is C12H17NO2. The number of likely N-dealkylation sites (N-methyl/N-ethyl adjacent to an activating group) is 1. The van der Waals surface area contributed by atoms with Crippen LogP contribution in [0.15, 0.2) is 18.2 Å². The van der Waals surface area contributed by atoms with Crippen LogP contribution in [-0.2, 0) is 6.37 Å². The van der Waals surface area contributed by atoms with Crippen LogP contribution >= 0.6 is 0 Å². The van der Waals surface area contributed by atoms with Crippen LogP contribution < -0.4 is 14.8 Å². The third-order valence-electron chi connectivity index (χ3n) is 1.89. The molecule has 0 saturated carbocycles. The van der Waals surface area contributed by atoms with Gasteiger partial charge in [-0.15, -0.1) is 0 Å². The Morgan fingerprint density at radius 2 is 2.40 bits per heavy atom. The van der Waals surface area contributed by atoms with Crippen molar-refractivity contribution in [1.82, 2.24) is 5.32 Å². The Balaban J connectivity index is 2.35. The first-order valence-corrected chi connectivity index (χ1v) is 4.55. The van der Waals surface area contributed by atoms with Crippen molar-refractivity contribution in [3.05, 3.63) is 23.8 Å². The minimum absolute atomic E-state index is 0.0432. The van der Waals surface area contributed by atoms with Crippen molar-refractivity contribution >= 4 is 0 Å². The number of benzene rings is 1. The Labute approximate surface area is 100 Å². The minimum Gasteiger partial charge on any atom is -0.454 e. The van der Waals surface area contributed by atoms with Crippen LogP contribution in [0.3, 0.4) is 0 Å². The molecule has 1 aliphatic rings. The molecule has 1 aromatic carbocycles. The number of fused-ring (bicyclic) bond motifs is 1. The molecule has 82 valence electrons. The average molecular weight is 214 g/mol. The van der Waals surface area contributed by atoms with Crippen LogP contribution in [0.4, 0.5) is 0 Å². The van der Waals surface area contributed by atoms with E-state index in [1.807, 2.05) is 0 Å². The summed E-state index contributed by atoms with van der Waals surface area (Å²) in [6.45, 7) is -1.81. The second-order valence-electron chi connectivity index (χ2n) is 3.07. The predicted octanol–water partition coefficient (Wildman–Crippen LogP) is 1.96. The van der Waals surface area contributed by atoms with Crippen LogP contribution in [0, 0.1) is 0 Å². The zero-order chi connectivity index (χ0) is 17.0. The fourth-order valence-corrected chi connectivity index (χ4v) is 1.30. The van der Waals surface area contributed by atoms with Crippen molar-refractivity contribution in [1.29, 1.82) is 0 Å². The highest BCUT2D eigenvalue weighted by Crippen LogP contribution is 2.32. The zero-order valence-electron chi connectivity index (χ0n) is 15.5. The molecule has 2 rings (SSSR count). The van der Waals surface area contributed by atoms with Gasteiger partial charge in [0, 0.05) is 12.9 Å². The van der Waals surface area contributed by atoms with E-state index in [1.165, 1.54) is 32.0 Å². The molecule has 0 aliphatic carbocycles. The molecule has 0 aromatic heterocycles. The molecule has 1 aromatic rings. The van der Waals surface area contributed by atoms with Crippen LogP contribution in [-0.4, -0.2) is 19.3 Å². The minimum atomic E-state index is -2.31. The summed E-state index contributed by atoms with van der Waals surface area (Å²) in [6.07, 6.45) is -2.26. The van der Waals surface area contributed by atoms with Crippen molar-refractivity contribution in [2.24, 2.45) is 0 Å². The average Bonchev–Trinajstić information content (AvgIpc) is 2.57. The summed E-state index contributed by atoms with van der Waals surface area (Å²) in [4.78, 5) is 0. The van der Waals surface area contributed by atoms with Gasteiger partial charge in [-0.1, -0.05) is 13.0 Å². The molecule has 0 saturated heterocycles. The number of hydrogen-bond donors (Lipinski definition) is 1. The molecule has 1 N–H and O–H groups in total. The lowest BCUT2D eigenvalue weighted by atomic mass is 10.1. The van der Waals surface area contributed by atoms with Crippen molar-refractivity contribution in [2.45, 2.75) is 26.2 Å². The molecule has 0 amide bonds. The molecule has 0 fully saturated rings. The first-order valence-electron chi connectivity index (χ1n) is 8.05. The van der Waals surface area contributed by atoms with E-state index >= 15 is 0 Å². The van der Waals surface area contributed by atoms with E-state index in [1.54, 1.807) is 0 Å². The van der Waals surface area contributed by atoms with E-state index in [2.05, 4.69) is 5.32 Å².